The minimum absolute atomic E-state index is 0.0129. The largest absolute Gasteiger partial charge is 0.465 e. The Morgan fingerprint density at radius 2 is 1.03 bits per heavy atom. The number of methoxy groups -OCH3 is 2. The van der Waals surface area contributed by atoms with E-state index in [2.05, 4.69) is 36.6 Å². The smallest absolute Gasteiger partial charge is 0.435 e. The van der Waals surface area contributed by atoms with E-state index in [9.17, 15) is 63.1 Å². The molecule has 12 nitrogen and oxygen atoms in total. The number of benzene rings is 4. The molecule has 346 valence electrons. The van der Waals surface area contributed by atoms with Gasteiger partial charge in [0, 0.05) is 55.4 Å². The third kappa shape index (κ3) is 13.5. The highest BCUT2D eigenvalue weighted by atomic mass is 35.5. The van der Waals surface area contributed by atoms with Gasteiger partial charge in [-0.3, -0.25) is 19.0 Å². The summed E-state index contributed by atoms with van der Waals surface area (Å²) in [5.74, 6) is -5.74. The number of nitrogens with one attached hydrogen (secondary N) is 1. The Kier molecular flexibility index (Phi) is 17.8. The summed E-state index contributed by atoms with van der Waals surface area (Å²) in [6, 6.07) is 14.1. The Morgan fingerprint density at radius 1 is 0.615 bits per heavy atom. The lowest BCUT2D eigenvalue weighted by Crippen LogP contribution is -2.18. The van der Waals surface area contributed by atoms with Gasteiger partial charge in [0.1, 0.15) is 23.3 Å². The molecule has 6 rings (SSSR count). The summed E-state index contributed by atoms with van der Waals surface area (Å²) in [7, 11) is 4.74. The quantitative estimate of drug-likeness (QED) is 0.0522. The molecule has 0 spiro atoms. The average molecular weight is 966 g/mol. The van der Waals surface area contributed by atoms with Crippen LogP contribution in [-0.2, 0) is 35.9 Å². The van der Waals surface area contributed by atoms with Crippen molar-refractivity contribution in [3.05, 3.63) is 142 Å². The number of esters is 2. The summed E-state index contributed by atoms with van der Waals surface area (Å²) in [5.41, 5.74) is 2.24. The molecule has 24 heteroatoms. The van der Waals surface area contributed by atoms with Gasteiger partial charge in [0.25, 0.3) is 11.1 Å². The second kappa shape index (κ2) is 22.1. The zero-order valence-electron chi connectivity index (χ0n) is 33.9. The molecule has 0 aliphatic heterocycles. The number of hydrogen-bond donors (Lipinski definition) is 2. The minimum Gasteiger partial charge on any atom is -0.465 e. The van der Waals surface area contributed by atoms with E-state index in [0.717, 1.165) is 65.3 Å². The van der Waals surface area contributed by atoms with Gasteiger partial charge in [-0.05, 0) is 83.4 Å². The Hall–Kier alpha value is -6.94. The number of aromatic nitrogens is 4. The van der Waals surface area contributed by atoms with Crippen molar-refractivity contribution in [3.8, 4) is 22.3 Å². The van der Waals surface area contributed by atoms with Crippen molar-refractivity contribution in [3.63, 3.8) is 0 Å². The van der Waals surface area contributed by atoms with Crippen LogP contribution in [0, 0.1) is 23.3 Å². The van der Waals surface area contributed by atoms with Crippen LogP contribution in [-0.4, -0.2) is 63.3 Å². The van der Waals surface area contributed by atoms with Crippen molar-refractivity contribution in [2.24, 2.45) is 14.1 Å². The molecular weight excluding hydrogens is 933 g/mol. The first-order valence-corrected chi connectivity index (χ1v) is 18.7. The van der Waals surface area contributed by atoms with Crippen molar-refractivity contribution < 1.29 is 72.6 Å². The Labute approximate surface area is 371 Å². The molecule has 0 radical (unpaired) electrons. The summed E-state index contributed by atoms with van der Waals surface area (Å²) in [6.45, 7) is 0. The number of nitrogen functional groups attached to an aromatic ring is 1. The lowest BCUT2D eigenvalue weighted by Gasteiger charge is -2.13. The van der Waals surface area contributed by atoms with Crippen LogP contribution >= 0.6 is 23.2 Å². The normalized spacial score (nSPS) is 10.8. The van der Waals surface area contributed by atoms with Crippen LogP contribution in [0.2, 0.25) is 0 Å². The number of alkyl halides is 7. The van der Waals surface area contributed by atoms with Crippen molar-refractivity contribution in [1.29, 1.82) is 0 Å². The summed E-state index contributed by atoms with van der Waals surface area (Å²) < 4.78 is 142. The third-order valence-electron chi connectivity index (χ3n) is 8.27. The molecule has 65 heavy (non-hydrogen) atoms. The summed E-state index contributed by atoms with van der Waals surface area (Å²) in [6.07, 6.45) is -6.22. The topological polar surface area (TPSA) is 160 Å². The number of carbonyl (C=O) groups is 4. The third-order valence-corrected chi connectivity index (χ3v) is 8.47. The van der Waals surface area contributed by atoms with Gasteiger partial charge in [-0.25, -0.2) is 27.2 Å². The number of hydrogen-bond acceptors (Lipinski definition) is 9. The zero-order chi connectivity index (χ0) is 49.1. The number of anilines is 2. The van der Waals surface area contributed by atoms with Crippen molar-refractivity contribution in [2.45, 2.75) is 12.4 Å². The molecule has 0 aliphatic carbocycles. The van der Waals surface area contributed by atoms with Gasteiger partial charge in [0.15, 0.2) is 11.4 Å². The Balaban J connectivity index is 0.000000280. The Morgan fingerprint density at radius 3 is 1.45 bits per heavy atom. The molecule has 3 N–H and O–H groups in total. The molecule has 1 amide bonds. The maximum absolute atomic E-state index is 14.3. The second-order valence-electron chi connectivity index (χ2n) is 12.6. The number of rotatable bonds is 7. The molecule has 2 aromatic heterocycles. The van der Waals surface area contributed by atoms with Gasteiger partial charge in [-0.2, -0.15) is 36.5 Å². The van der Waals surface area contributed by atoms with Gasteiger partial charge in [0.2, 0.25) is 0 Å². The van der Waals surface area contributed by atoms with E-state index in [1.165, 1.54) is 64.0 Å². The number of ether oxygens (including phenoxy) is 2. The molecule has 4 aromatic carbocycles. The average Bonchev–Trinajstić information content (AvgIpc) is 3.86. The number of nitrogens with two attached hydrogens (primary N) is 1. The van der Waals surface area contributed by atoms with Gasteiger partial charge < -0.3 is 20.5 Å². The van der Waals surface area contributed by atoms with Gasteiger partial charge in [-0.15, -0.1) is 11.6 Å². The first-order chi connectivity index (χ1) is 30.4. The molecule has 6 aromatic rings. The van der Waals surface area contributed by atoms with Crippen LogP contribution in [0.1, 0.15) is 52.8 Å². The fourth-order valence-corrected chi connectivity index (χ4v) is 5.59. The number of amides is 1. The first kappa shape index (κ1) is 52.4. The van der Waals surface area contributed by atoms with E-state index in [1.54, 1.807) is 0 Å². The highest BCUT2D eigenvalue weighted by molar-refractivity contribution is 6.67. The summed E-state index contributed by atoms with van der Waals surface area (Å²) in [5, 5.41) is 7.46. The summed E-state index contributed by atoms with van der Waals surface area (Å²) in [4.78, 5) is 45.9. The van der Waals surface area contributed by atoms with E-state index < -0.39 is 81.2 Å². The number of carbonyl (C=O) groups excluding carboxylic acids is 4. The molecule has 2 heterocycles. The fourth-order valence-electron chi connectivity index (χ4n) is 5.45. The summed E-state index contributed by atoms with van der Waals surface area (Å²) >= 11 is 9.57. The minimum atomic E-state index is -4.87. The maximum atomic E-state index is 14.3. The molecule has 0 saturated heterocycles. The highest BCUT2D eigenvalue weighted by Gasteiger charge is 2.40. The molecule has 0 atom stereocenters. The van der Waals surface area contributed by atoms with Crippen molar-refractivity contribution >= 4 is 57.7 Å². The van der Waals surface area contributed by atoms with E-state index in [0.29, 0.717) is 16.8 Å². The molecule has 0 aliphatic rings. The van der Waals surface area contributed by atoms with Crippen LogP contribution in [0.25, 0.3) is 22.3 Å². The van der Waals surface area contributed by atoms with Crippen LogP contribution in [0.3, 0.4) is 0 Å². The molecule has 0 bridgehead atoms. The predicted molar refractivity (Wildman–Crippen MR) is 217 cm³/mol. The molecular formula is C41H32Cl2F10N6O6. The number of aryl methyl sites for hydroxylation is 2. The van der Waals surface area contributed by atoms with E-state index in [1.807, 2.05) is 0 Å². The number of nitrogens with zero attached hydrogens (tertiary/aromatic N) is 4. The predicted octanol–water partition coefficient (Wildman–Crippen LogP) is 10.1. The molecule has 0 unspecified atom stereocenters. The van der Waals surface area contributed by atoms with Gasteiger partial charge >= 0.3 is 24.3 Å². The zero-order valence-corrected chi connectivity index (χ0v) is 35.4. The fraction of sp³-hybridized carbons (Fsp3) is 0.171. The standard InChI is InChI=1S/C20H14F5N3O3.C14H11F2NO2.C6H4ClF3N2O.CH3Cl/c1-28-9-14(17(27-28)20(23,24)25)18(29)26-16-6-4-11(21)8-13(16)10-3-5-12(15(22)7-10)19(30)31-2;1-19-14(18)10-4-2-8(6-12(10)16)11-7-9(15)3-5-13(11)17;1-12-2-3(5(7)13)4(11-12)6(8,9)10;1-2/h3-9H,1-2H3,(H,26,29);2-7H,17H2,1H3;2H,1H3;1H3. The van der Waals surface area contributed by atoms with Gasteiger partial charge in [0.05, 0.1) is 36.5 Å². The SMILES string of the molecule is CCl.COC(=O)c1ccc(-c2cc(F)ccc2N)cc1F.COC(=O)c1ccc(-c2cc(F)ccc2NC(=O)c2cn(C)nc2C(F)(F)F)cc1F.Cn1cc(C(=O)Cl)c(C(F)(F)F)n1. The van der Waals surface area contributed by atoms with Crippen molar-refractivity contribution in [2.75, 3.05) is 31.7 Å². The van der Waals surface area contributed by atoms with E-state index >= 15 is 0 Å². The molecule has 0 saturated carbocycles. The number of halogens is 12. The lowest BCUT2D eigenvalue weighted by atomic mass is 10.0. The Bertz CT molecular complexity index is 2700. The van der Waals surface area contributed by atoms with Crippen molar-refractivity contribution in [1.82, 2.24) is 19.6 Å². The maximum Gasteiger partial charge on any atom is 0.435 e. The molecule has 0 fully saturated rings. The van der Waals surface area contributed by atoms with Gasteiger partial charge in [-0.1, -0.05) is 12.1 Å². The monoisotopic (exact) mass is 964 g/mol. The lowest BCUT2D eigenvalue weighted by molar-refractivity contribution is -0.142. The van der Waals surface area contributed by atoms with Crippen LogP contribution in [0.4, 0.5) is 55.3 Å². The second-order valence-corrected chi connectivity index (χ2v) is 13.0. The highest BCUT2D eigenvalue weighted by Crippen LogP contribution is 2.35. The van der Waals surface area contributed by atoms with E-state index in [4.69, 9.17) is 17.3 Å². The van der Waals surface area contributed by atoms with Crippen LogP contribution in [0.15, 0.2) is 85.2 Å². The van der Waals surface area contributed by atoms with Crippen LogP contribution < -0.4 is 11.1 Å². The van der Waals surface area contributed by atoms with E-state index in [-0.39, 0.29) is 27.9 Å². The van der Waals surface area contributed by atoms with Crippen LogP contribution in [0.5, 0.6) is 0 Å². The first-order valence-electron chi connectivity index (χ1n) is 17.6.